The Kier molecular flexibility index (Phi) is 6.60. The van der Waals surface area contributed by atoms with Crippen LogP contribution in [-0.4, -0.2) is 81.7 Å². The van der Waals surface area contributed by atoms with Crippen molar-refractivity contribution in [3.05, 3.63) is 11.6 Å². The molecule has 212 valence electrons. The van der Waals surface area contributed by atoms with Gasteiger partial charge in [0.2, 0.25) is 0 Å². The Labute approximate surface area is 223 Å². The van der Waals surface area contributed by atoms with Crippen molar-refractivity contribution < 1.29 is 44.2 Å². The molecule has 1 saturated heterocycles. The van der Waals surface area contributed by atoms with E-state index in [1.54, 1.807) is 13.0 Å². The molecule has 0 aromatic carbocycles. The predicted molar refractivity (Wildman–Crippen MR) is 133 cm³/mol. The quantitative estimate of drug-likeness (QED) is 0.240. The maximum Gasteiger partial charge on any atom is 0.331 e. The van der Waals surface area contributed by atoms with Gasteiger partial charge in [-0.05, 0) is 81.6 Å². The summed E-state index contributed by atoms with van der Waals surface area (Å²) in [4.78, 5) is 24.7. The Morgan fingerprint density at radius 1 is 1.08 bits per heavy atom. The lowest BCUT2D eigenvalue weighted by molar-refractivity contribution is -0.273. The lowest BCUT2D eigenvalue weighted by Gasteiger charge is -2.64. The Bertz CT molecular complexity index is 987. The van der Waals surface area contributed by atoms with E-state index in [0.29, 0.717) is 32.1 Å². The first-order valence-electron chi connectivity index (χ1n) is 14.4. The highest BCUT2D eigenvalue weighted by molar-refractivity contribution is 5.85. The van der Waals surface area contributed by atoms with Crippen LogP contribution in [0.5, 0.6) is 0 Å². The minimum Gasteiger partial charge on any atom is -0.458 e. The van der Waals surface area contributed by atoms with Crippen molar-refractivity contribution in [1.82, 2.24) is 0 Å². The molecule has 4 N–H and O–H groups in total. The number of hydrogen-bond donors (Lipinski definition) is 4. The number of carbonyl (C=O) groups is 2. The molecule has 0 aromatic rings. The number of fused-ring (bicyclic) bond motifs is 5. The highest BCUT2D eigenvalue weighted by Gasteiger charge is 2.71. The van der Waals surface area contributed by atoms with Crippen LogP contribution in [-0.2, 0) is 23.8 Å². The van der Waals surface area contributed by atoms with Crippen molar-refractivity contribution in [2.24, 2.45) is 34.5 Å². The number of aliphatic hydroxyl groups excluding tert-OH is 3. The van der Waals surface area contributed by atoms with Gasteiger partial charge in [0.15, 0.2) is 6.29 Å². The van der Waals surface area contributed by atoms with Crippen molar-refractivity contribution in [3.8, 4) is 0 Å². The normalized spacial score (nSPS) is 54.4. The summed E-state index contributed by atoms with van der Waals surface area (Å²) in [6, 6.07) is 0. The second kappa shape index (κ2) is 9.35. The fourth-order valence-electron chi connectivity index (χ4n) is 9.82. The zero-order chi connectivity index (χ0) is 27.0. The molecule has 0 radical (unpaired) electrons. The zero-order valence-corrected chi connectivity index (χ0v) is 22.3. The van der Waals surface area contributed by atoms with Crippen molar-refractivity contribution in [2.45, 2.75) is 114 Å². The Hall–Kier alpha value is -1.36. The van der Waals surface area contributed by atoms with Crippen molar-refractivity contribution >= 4 is 12.3 Å². The van der Waals surface area contributed by atoms with Crippen LogP contribution in [0.2, 0.25) is 0 Å². The van der Waals surface area contributed by atoms with Gasteiger partial charge in [-0.25, -0.2) is 4.79 Å². The average Bonchev–Trinajstić information content (AvgIpc) is 3.42. The molecule has 0 aromatic heterocycles. The Morgan fingerprint density at radius 3 is 2.55 bits per heavy atom. The van der Waals surface area contributed by atoms with Gasteiger partial charge in [0.05, 0.1) is 30.0 Å². The molecule has 4 saturated carbocycles. The highest BCUT2D eigenvalue weighted by atomic mass is 16.7. The van der Waals surface area contributed by atoms with E-state index < -0.39 is 47.1 Å². The first kappa shape index (κ1) is 26.8. The fourth-order valence-corrected chi connectivity index (χ4v) is 9.82. The summed E-state index contributed by atoms with van der Waals surface area (Å²) >= 11 is 0. The van der Waals surface area contributed by atoms with Crippen LogP contribution >= 0.6 is 0 Å². The maximum atomic E-state index is 12.9. The molecule has 9 heteroatoms. The summed E-state index contributed by atoms with van der Waals surface area (Å²) in [6.07, 6.45) is 4.06. The van der Waals surface area contributed by atoms with Crippen LogP contribution in [0.3, 0.4) is 0 Å². The number of ether oxygens (including phenoxy) is 3. The number of carbonyl (C=O) groups excluding carboxylic acids is 2. The Morgan fingerprint density at radius 2 is 1.87 bits per heavy atom. The topological polar surface area (TPSA) is 143 Å². The number of rotatable bonds is 4. The molecule has 0 unspecified atom stereocenters. The largest absolute Gasteiger partial charge is 0.458 e. The van der Waals surface area contributed by atoms with Crippen LogP contribution < -0.4 is 0 Å². The van der Waals surface area contributed by atoms with E-state index in [-0.39, 0.29) is 48.8 Å². The number of esters is 1. The molecule has 38 heavy (non-hydrogen) atoms. The van der Waals surface area contributed by atoms with Gasteiger partial charge < -0.3 is 39.4 Å². The maximum absolute atomic E-state index is 12.9. The predicted octanol–water partition coefficient (Wildman–Crippen LogP) is 1.64. The molecule has 0 amide bonds. The molecule has 9 nitrogen and oxygen atoms in total. The van der Waals surface area contributed by atoms with E-state index in [2.05, 4.69) is 6.92 Å². The molecule has 5 fully saturated rings. The summed E-state index contributed by atoms with van der Waals surface area (Å²) < 4.78 is 17.2. The number of hydrogen-bond acceptors (Lipinski definition) is 9. The first-order chi connectivity index (χ1) is 18.0. The average molecular weight is 535 g/mol. The smallest absolute Gasteiger partial charge is 0.331 e. The first-order valence-corrected chi connectivity index (χ1v) is 14.4. The van der Waals surface area contributed by atoms with Gasteiger partial charge in [0, 0.05) is 29.2 Å². The molecule has 2 heterocycles. The van der Waals surface area contributed by atoms with E-state index in [4.69, 9.17) is 14.2 Å². The van der Waals surface area contributed by atoms with Gasteiger partial charge in [-0.3, -0.25) is 0 Å². The second-order valence-corrected chi connectivity index (χ2v) is 13.3. The van der Waals surface area contributed by atoms with Crippen LogP contribution in [0.4, 0.5) is 0 Å². The molecule has 6 aliphatic rings. The fraction of sp³-hybridized carbons (Fsp3) is 0.862. The van der Waals surface area contributed by atoms with Crippen molar-refractivity contribution in [2.75, 3.05) is 6.61 Å². The van der Waals surface area contributed by atoms with Crippen LogP contribution in [0.15, 0.2) is 11.6 Å². The van der Waals surface area contributed by atoms with Gasteiger partial charge in [-0.2, -0.15) is 0 Å². The molecule has 0 spiro atoms. The zero-order valence-electron chi connectivity index (χ0n) is 22.3. The SMILES string of the molecule is C[C@H]1O[C@@H](O[C@H]2CC[C@@]3(C=O)[C@@H](CC[C@@H]4[C@@H]3[C@@H](O)C[C@]3(C)[C@@H](C5=CC(=O)OC5)CC[C@]43O)C2)C[C@H](O)[C@@H]1O. The van der Waals surface area contributed by atoms with Gasteiger partial charge in [-0.1, -0.05) is 6.92 Å². The molecule has 6 rings (SSSR count). The van der Waals surface area contributed by atoms with E-state index >= 15 is 0 Å². The molecule has 13 atom stereocenters. The third-order valence-corrected chi connectivity index (χ3v) is 11.7. The van der Waals surface area contributed by atoms with Gasteiger partial charge in [0.25, 0.3) is 0 Å². The number of cyclic esters (lactones) is 1. The Balaban J connectivity index is 1.22. The third-order valence-electron chi connectivity index (χ3n) is 11.7. The van der Waals surface area contributed by atoms with Crippen LogP contribution in [0.25, 0.3) is 0 Å². The van der Waals surface area contributed by atoms with Crippen LogP contribution in [0.1, 0.15) is 71.6 Å². The second-order valence-electron chi connectivity index (χ2n) is 13.3. The molecule has 4 aliphatic carbocycles. The standard InChI is InChI=1S/C29H42O9/c1-15-26(34)21(31)11-24(37-15)38-18-5-7-28(14-30)17(10-18)3-4-20-25(28)22(32)12-27(2)19(6-8-29(20,27)35)16-9-23(33)36-13-16/h9,14-15,17-22,24-26,31-32,34-35H,3-8,10-13H2,1-2H3/t15-,17+,18+,19-,20-,21+,22+,24+,25-,26-,27-,28-,29+/m1/s1. The van der Waals surface area contributed by atoms with Gasteiger partial charge in [-0.15, -0.1) is 0 Å². The van der Waals surface area contributed by atoms with Crippen molar-refractivity contribution in [3.63, 3.8) is 0 Å². The highest BCUT2D eigenvalue weighted by Crippen LogP contribution is 2.69. The molecule has 0 bridgehead atoms. The summed E-state index contributed by atoms with van der Waals surface area (Å²) in [7, 11) is 0. The summed E-state index contributed by atoms with van der Waals surface area (Å²) in [6.45, 7) is 4.02. The van der Waals surface area contributed by atoms with E-state index in [1.807, 2.05) is 0 Å². The third kappa shape index (κ3) is 3.79. The monoisotopic (exact) mass is 534 g/mol. The van der Waals surface area contributed by atoms with Gasteiger partial charge >= 0.3 is 5.97 Å². The van der Waals surface area contributed by atoms with Gasteiger partial charge in [0.1, 0.15) is 19.0 Å². The summed E-state index contributed by atoms with van der Waals surface area (Å²) in [5, 5.41) is 44.2. The molecular formula is C29H42O9. The molecule has 2 aliphatic heterocycles. The van der Waals surface area contributed by atoms with E-state index in [0.717, 1.165) is 31.1 Å². The number of aldehydes is 1. The van der Waals surface area contributed by atoms with Crippen molar-refractivity contribution in [1.29, 1.82) is 0 Å². The summed E-state index contributed by atoms with van der Waals surface area (Å²) in [5.41, 5.74) is -1.43. The minimum absolute atomic E-state index is 0.0277. The van der Waals surface area contributed by atoms with Crippen LogP contribution in [0, 0.1) is 34.5 Å². The summed E-state index contributed by atoms with van der Waals surface area (Å²) in [5.74, 6) is -0.866. The minimum atomic E-state index is -1.02. The lowest BCUT2D eigenvalue weighted by Crippen LogP contribution is -2.67. The molecular weight excluding hydrogens is 492 g/mol. The number of aliphatic hydroxyl groups is 4. The lowest BCUT2D eigenvalue weighted by atomic mass is 9.42. The van der Waals surface area contributed by atoms with E-state index in [9.17, 15) is 30.0 Å². The van der Waals surface area contributed by atoms with E-state index in [1.165, 1.54) is 0 Å².